The fourth-order valence-corrected chi connectivity index (χ4v) is 10.2. The van der Waals surface area contributed by atoms with Crippen molar-refractivity contribution >= 4 is 55.2 Å². The number of carbonyl (C=O) groups is 4. The van der Waals surface area contributed by atoms with Crippen LogP contribution in [0.3, 0.4) is 0 Å². The van der Waals surface area contributed by atoms with Crippen LogP contribution in [-0.4, -0.2) is 50.3 Å². The van der Waals surface area contributed by atoms with E-state index < -0.39 is 29.4 Å². The van der Waals surface area contributed by atoms with Crippen molar-refractivity contribution in [2.24, 2.45) is 34.5 Å². The van der Waals surface area contributed by atoms with Crippen LogP contribution in [0.25, 0.3) is 0 Å². The van der Waals surface area contributed by atoms with Crippen molar-refractivity contribution < 1.29 is 29.0 Å². The topological polar surface area (TPSA) is 97.7 Å². The lowest BCUT2D eigenvalue weighted by Gasteiger charge is -2.61. The normalized spacial score (nSPS) is 49.1. The van der Waals surface area contributed by atoms with Crippen LogP contribution < -0.4 is 0 Å². The van der Waals surface area contributed by atoms with E-state index in [4.69, 9.17) is 4.74 Å². The molecule has 0 bridgehead atoms. The number of esters is 1. The molecule has 3 unspecified atom stereocenters. The molecule has 4 aliphatic carbocycles. The Morgan fingerprint density at radius 1 is 1.13 bits per heavy atom. The molecule has 0 radical (unpaired) electrons. The van der Waals surface area contributed by atoms with E-state index >= 15 is 0 Å². The zero-order valence-corrected chi connectivity index (χ0v) is 21.3. The van der Waals surface area contributed by atoms with Gasteiger partial charge < -0.3 is 9.84 Å². The van der Waals surface area contributed by atoms with Crippen molar-refractivity contribution in [1.82, 2.24) is 0 Å². The molecule has 9 atom stereocenters. The number of ether oxygens (including phenoxy) is 1. The molecule has 0 aromatic carbocycles. The molecule has 0 heterocycles. The second kappa shape index (κ2) is 7.73. The number of Topliss-reactive ketones (excluding diaryl/α,β-unsaturated/α-hetero) is 3. The third kappa shape index (κ3) is 3.25. The van der Waals surface area contributed by atoms with Gasteiger partial charge in [-0.15, -0.1) is 0 Å². The highest BCUT2D eigenvalue weighted by molar-refractivity contribution is 9.10. The highest BCUT2D eigenvalue weighted by atomic mass is 79.9. The maximum Gasteiger partial charge on any atom is 0.303 e. The number of ketones is 3. The summed E-state index contributed by atoms with van der Waals surface area (Å²) < 4.78 is 4.88. The first-order valence-electron chi connectivity index (χ1n) is 11.1. The number of hydrogen-bond donors (Lipinski definition) is 1. The summed E-state index contributed by atoms with van der Waals surface area (Å²) in [6, 6.07) is 0. The molecule has 0 amide bonds. The van der Waals surface area contributed by atoms with Gasteiger partial charge in [0.1, 0.15) is 11.4 Å². The Kier molecular flexibility index (Phi) is 5.87. The Balaban J connectivity index is 1.66. The maximum absolute atomic E-state index is 13.7. The minimum Gasteiger partial charge on any atom is -0.458 e. The van der Waals surface area contributed by atoms with Crippen molar-refractivity contribution in [1.29, 1.82) is 0 Å². The summed E-state index contributed by atoms with van der Waals surface area (Å²) in [7, 11) is 0. The average Bonchev–Trinajstić information content (AvgIpc) is 2.95. The number of halogens is 2. The molecule has 0 aromatic rings. The van der Waals surface area contributed by atoms with Gasteiger partial charge >= 0.3 is 5.97 Å². The minimum absolute atomic E-state index is 0.0411. The van der Waals surface area contributed by atoms with Gasteiger partial charge in [0.2, 0.25) is 5.78 Å². The van der Waals surface area contributed by atoms with Crippen LogP contribution in [0.1, 0.15) is 59.3 Å². The Bertz CT molecular complexity index is 844. The molecule has 4 fully saturated rings. The standard InChI is InChI=1S/C23H30Br2O6/c1-11(26)31-10-17(28)23(30)7-6-13-12-4-5-14-19(25)20(29)15(24)8-21(14,2)18(12)16(27)9-22(13,23)3/h12-15,18-19,30H,4-10H2,1-3H3/t12-,13-,14?,15?,18+,19?,21-,22-,23-/m0/s1. The molecule has 172 valence electrons. The van der Waals surface area contributed by atoms with Crippen LogP contribution in [-0.2, 0) is 23.9 Å². The molecule has 4 rings (SSSR count). The molecular weight excluding hydrogens is 532 g/mol. The molecule has 31 heavy (non-hydrogen) atoms. The zero-order valence-electron chi connectivity index (χ0n) is 18.2. The summed E-state index contributed by atoms with van der Waals surface area (Å²) in [5.74, 6) is -0.787. The van der Waals surface area contributed by atoms with Crippen LogP contribution in [0.15, 0.2) is 0 Å². The first-order chi connectivity index (χ1) is 14.4. The monoisotopic (exact) mass is 560 g/mol. The van der Waals surface area contributed by atoms with Crippen LogP contribution in [0.4, 0.5) is 0 Å². The predicted molar refractivity (Wildman–Crippen MR) is 120 cm³/mol. The summed E-state index contributed by atoms with van der Waals surface area (Å²) in [5.41, 5.74) is -2.83. The Morgan fingerprint density at radius 2 is 1.81 bits per heavy atom. The highest BCUT2D eigenvalue weighted by Crippen LogP contribution is 2.67. The van der Waals surface area contributed by atoms with Crippen molar-refractivity contribution in [3.8, 4) is 0 Å². The fraction of sp³-hybridized carbons (Fsp3) is 0.826. The molecule has 1 N–H and O–H groups in total. The Hall–Kier alpha value is -0.600. The van der Waals surface area contributed by atoms with E-state index in [1.807, 2.05) is 6.92 Å². The van der Waals surface area contributed by atoms with E-state index in [2.05, 4.69) is 38.8 Å². The molecule has 6 nitrogen and oxygen atoms in total. The highest BCUT2D eigenvalue weighted by Gasteiger charge is 2.70. The van der Waals surface area contributed by atoms with E-state index in [9.17, 15) is 24.3 Å². The van der Waals surface area contributed by atoms with Gasteiger partial charge in [-0.3, -0.25) is 19.2 Å². The summed E-state index contributed by atoms with van der Waals surface area (Å²) >= 11 is 7.17. The number of fused-ring (bicyclic) bond motifs is 5. The van der Waals surface area contributed by atoms with Crippen LogP contribution in [0, 0.1) is 34.5 Å². The maximum atomic E-state index is 13.7. The first kappa shape index (κ1) is 23.6. The largest absolute Gasteiger partial charge is 0.458 e. The smallest absolute Gasteiger partial charge is 0.303 e. The van der Waals surface area contributed by atoms with Crippen LogP contribution >= 0.6 is 31.9 Å². The zero-order chi connectivity index (χ0) is 22.9. The molecular formula is C23H30Br2O6. The second-order valence-electron chi connectivity index (χ2n) is 10.6. The average molecular weight is 562 g/mol. The van der Waals surface area contributed by atoms with Gasteiger partial charge in [-0.05, 0) is 55.3 Å². The van der Waals surface area contributed by atoms with Gasteiger partial charge in [-0.2, -0.15) is 0 Å². The van der Waals surface area contributed by atoms with E-state index in [1.165, 1.54) is 6.92 Å². The Labute approximate surface area is 199 Å². The van der Waals surface area contributed by atoms with Crippen LogP contribution in [0.5, 0.6) is 0 Å². The number of carbonyl (C=O) groups excluding carboxylic acids is 4. The van der Waals surface area contributed by atoms with Crippen LogP contribution in [0.2, 0.25) is 0 Å². The van der Waals surface area contributed by atoms with E-state index in [0.29, 0.717) is 12.8 Å². The summed E-state index contributed by atoms with van der Waals surface area (Å²) in [6.45, 7) is 4.78. The van der Waals surface area contributed by atoms with E-state index in [1.54, 1.807) is 0 Å². The molecule has 0 spiro atoms. The van der Waals surface area contributed by atoms with Gasteiger partial charge in [0.05, 0.1) is 9.65 Å². The van der Waals surface area contributed by atoms with Gasteiger partial charge in [0.15, 0.2) is 12.4 Å². The lowest BCUT2D eigenvalue weighted by molar-refractivity contribution is -0.179. The second-order valence-corrected chi connectivity index (χ2v) is 12.7. The minimum atomic E-state index is -1.66. The molecule has 0 aromatic heterocycles. The molecule has 4 saturated carbocycles. The SMILES string of the molecule is CC(=O)OCC(=O)[C@@]1(O)CC[C@H]2[C@@H]3CCC4C(Br)C(=O)C(Br)C[C@]4(C)[C@H]3C(=O)C[C@@]21C. The number of hydrogen-bond acceptors (Lipinski definition) is 6. The van der Waals surface area contributed by atoms with Gasteiger partial charge in [0.25, 0.3) is 0 Å². The lowest BCUT2D eigenvalue weighted by atomic mass is 9.44. The first-order valence-corrected chi connectivity index (χ1v) is 12.9. The van der Waals surface area contributed by atoms with Gasteiger partial charge in [-0.1, -0.05) is 45.7 Å². The Morgan fingerprint density at radius 3 is 2.45 bits per heavy atom. The van der Waals surface area contributed by atoms with Gasteiger partial charge in [0, 0.05) is 24.7 Å². The third-order valence-corrected chi connectivity index (χ3v) is 11.1. The van der Waals surface area contributed by atoms with Gasteiger partial charge in [-0.25, -0.2) is 0 Å². The van der Waals surface area contributed by atoms with E-state index in [0.717, 1.165) is 12.8 Å². The lowest BCUT2D eigenvalue weighted by Crippen LogP contribution is -2.64. The summed E-state index contributed by atoms with van der Waals surface area (Å²) in [4.78, 5) is 49.8. The molecule has 0 saturated heterocycles. The quantitative estimate of drug-likeness (QED) is 0.419. The van der Waals surface area contributed by atoms with Crippen molar-refractivity contribution in [2.75, 3.05) is 6.61 Å². The molecule has 0 aliphatic heterocycles. The van der Waals surface area contributed by atoms with Crippen molar-refractivity contribution in [3.63, 3.8) is 0 Å². The summed E-state index contributed by atoms with van der Waals surface area (Å²) in [6.07, 6.45) is 3.38. The molecule has 4 aliphatic rings. The summed E-state index contributed by atoms with van der Waals surface area (Å²) in [5, 5.41) is 11.5. The molecule has 8 heteroatoms. The third-order valence-electron chi connectivity index (χ3n) is 9.20. The van der Waals surface area contributed by atoms with Crippen molar-refractivity contribution in [3.05, 3.63) is 0 Å². The van der Waals surface area contributed by atoms with Crippen molar-refractivity contribution in [2.45, 2.75) is 74.6 Å². The number of rotatable bonds is 3. The fourth-order valence-electron chi connectivity index (χ4n) is 7.70. The predicted octanol–water partition coefficient (Wildman–Crippen LogP) is 3.39. The number of alkyl halides is 2. The number of aliphatic hydroxyl groups is 1. The van der Waals surface area contributed by atoms with E-state index in [-0.39, 0.29) is 63.1 Å².